The van der Waals surface area contributed by atoms with Crippen molar-refractivity contribution in [3.63, 3.8) is 0 Å². The summed E-state index contributed by atoms with van der Waals surface area (Å²) in [6, 6.07) is 13.0. The first-order valence-corrected chi connectivity index (χ1v) is 12.1. The molecule has 1 saturated heterocycles. The highest BCUT2D eigenvalue weighted by Crippen LogP contribution is 2.29. The molecule has 1 aliphatic rings. The van der Waals surface area contributed by atoms with E-state index in [1.807, 2.05) is 29.2 Å². The normalized spacial score (nSPS) is 16.0. The van der Waals surface area contributed by atoms with Crippen molar-refractivity contribution >= 4 is 16.8 Å². The van der Waals surface area contributed by atoms with Crippen LogP contribution in [-0.4, -0.2) is 66.0 Å². The van der Waals surface area contributed by atoms with Gasteiger partial charge in [0.05, 0.1) is 16.8 Å². The number of likely N-dealkylation sites (tertiary alicyclic amines) is 1. The van der Waals surface area contributed by atoms with Crippen LogP contribution in [0.2, 0.25) is 0 Å². The van der Waals surface area contributed by atoms with Crippen LogP contribution in [0.5, 0.6) is 0 Å². The Balaban J connectivity index is 1.58. The molecule has 1 fully saturated rings. The second-order valence-electron chi connectivity index (χ2n) is 8.73. The van der Waals surface area contributed by atoms with Gasteiger partial charge < -0.3 is 15.1 Å². The summed E-state index contributed by atoms with van der Waals surface area (Å²) in [7, 11) is 0. The van der Waals surface area contributed by atoms with Gasteiger partial charge in [-0.15, -0.1) is 0 Å². The highest BCUT2D eigenvalue weighted by Gasteiger charge is 2.30. The summed E-state index contributed by atoms with van der Waals surface area (Å²) in [6.07, 6.45) is 1.93. The second kappa shape index (κ2) is 11.0. The number of rotatable bonds is 9. The summed E-state index contributed by atoms with van der Waals surface area (Å²) in [5.41, 5.74) is 2.09. The third-order valence-electron chi connectivity index (χ3n) is 6.68. The zero-order chi connectivity index (χ0) is 24.1. The minimum atomic E-state index is -0.935. The molecule has 34 heavy (non-hydrogen) atoms. The number of fused-ring (bicyclic) bond motifs is 1. The largest absolute Gasteiger partial charge is 0.334 e. The molecule has 0 saturated carbocycles. The van der Waals surface area contributed by atoms with Crippen LogP contribution in [0.15, 0.2) is 48.5 Å². The molecule has 1 aromatic heterocycles. The molecule has 180 valence electrons. The average molecular weight is 467 g/mol. The number of aromatic nitrogens is 1. The van der Waals surface area contributed by atoms with Gasteiger partial charge in [0.1, 0.15) is 0 Å². The lowest BCUT2D eigenvalue weighted by molar-refractivity contribution is 0.0737. The fourth-order valence-corrected chi connectivity index (χ4v) is 4.67. The Hall–Kier alpha value is -2.90. The number of likely N-dealkylation sites (N-methyl/N-ethyl adjacent to an activating group) is 1. The molecular formula is C27H32F2N4O. The fraction of sp³-hybridized carbons (Fsp3) is 0.407. The van der Waals surface area contributed by atoms with E-state index in [0.717, 1.165) is 63.1 Å². The van der Waals surface area contributed by atoms with Crippen LogP contribution in [-0.2, 0) is 0 Å². The maximum Gasteiger partial charge on any atom is 0.254 e. The van der Waals surface area contributed by atoms with Crippen molar-refractivity contribution < 1.29 is 13.6 Å². The first-order valence-electron chi connectivity index (χ1n) is 12.1. The fourth-order valence-electron chi connectivity index (χ4n) is 4.67. The lowest BCUT2D eigenvalue weighted by atomic mass is 10.0. The Kier molecular flexibility index (Phi) is 7.85. The summed E-state index contributed by atoms with van der Waals surface area (Å²) in [5, 5.41) is 4.29. The third-order valence-corrected chi connectivity index (χ3v) is 6.68. The van der Waals surface area contributed by atoms with Crippen molar-refractivity contribution in [2.75, 3.05) is 39.3 Å². The van der Waals surface area contributed by atoms with Gasteiger partial charge in [-0.3, -0.25) is 4.79 Å². The highest BCUT2D eigenvalue weighted by molar-refractivity contribution is 6.07. The number of halogens is 2. The molecule has 1 amide bonds. The van der Waals surface area contributed by atoms with E-state index in [0.29, 0.717) is 28.9 Å². The summed E-state index contributed by atoms with van der Waals surface area (Å²) < 4.78 is 27.4. The molecule has 2 heterocycles. The molecule has 5 nitrogen and oxygen atoms in total. The number of nitrogens with zero attached hydrogens (tertiary/aromatic N) is 3. The van der Waals surface area contributed by atoms with Crippen molar-refractivity contribution in [2.24, 2.45) is 0 Å². The molecule has 0 bridgehead atoms. The smallest absolute Gasteiger partial charge is 0.254 e. The van der Waals surface area contributed by atoms with E-state index in [-0.39, 0.29) is 11.9 Å². The van der Waals surface area contributed by atoms with Crippen LogP contribution in [0.25, 0.3) is 22.2 Å². The molecule has 0 aliphatic carbocycles. The minimum Gasteiger partial charge on any atom is -0.334 e. The molecule has 1 unspecified atom stereocenters. The number of amides is 1. The van der Waals surface area contributed by atoms with Crippen molar-refractivity contribution in [3.8, 4) is 11.3 Å². The van der Waals surface area contributed by atoms with Gasteiger partial charge in [0.2, 0.25) is 0 Å². The Bertz CT molecular complexity index is 1150. The topological polar surface area (TPSA) is 48.5 Å². The molecule has 1 N–H and O–H groups in total. The molecular weight excluding hydrogens is 434 g/mol. The van der Waals surface area contributed by atoms with Gasteiger partial charge in [-0.05, 0) is 56.3 Å². The summed E-state index contributed by atoms with van der Waals surface area (Å²) in [5.74, 6) is -1.89. The number of benzene rings is 2. The maximum absolute atomic E-state index is 13.9. The number of carbonyl (C=O) groups excluding carboxylic acids is 1. The van der Waals surface area contributed by atoms with E-state index in [2.05, 4.69) is 29.0 Å². The van der Waals surface area contributed by atoms with Gasteiger partial charge >= 0.3 is 0 Å². The van der Waals surface area contributed by atoms with Gasteiger partial charge in [-0.25, -0.2) is 13.8 Å². The third kappa shape index (κ3) is 5.26. The zero-order valence-electron chi connectivity index (χ0n) is 19.9. The lowest BCUT2D eigenvalue weighted by Crippen LogP contribution is -2.43. The van der Waals surface area contributed by atoms with Crippen LogP contribution in [0.3, 0.4) is 0 Å². The van der Waals surface area contributed by atoms with E-state index in [1.165, 1.54) is 6.07 Å². The Morgan fingerprint density at radius 3 is 2.68 bits per heavy atom. The van der Waals surface area contributed by atoms with E-state index < -0.39 is 11.6 Å². The van der Waals surface area contributed by atoms with Crippen LogP contribution in [0, 0.1) is 11.6 Å². The molecule has 7 heteroatoms. The van der Waals surface area contributed by atoms with E-state index >= 15 is 0 Å². The second-order valence-corrected chi connectivity index (χ2v) is 8.73. The van der Waals surface area contributed by atoms with Gasteiger partial charge in [-0.2, -0.15) is 0 Å². The van der Waals surface area contributed by atoms with E-state index in [9.17, 15) is 13.6 Å². The van der Waals surface area contributed by atoms with Crippen molar-refractivity contribution in [2.45, 2.75) is 32.7 Å². The van der Waals surface area contributed by atoms with Crippen LogP contribution >= 0.6 is 0 Å². The van der Waals surface area contributed by atoms with Crippen LogP contribution in [0.4, 0.5) is 8.78 Å². The first-order chi connectivity index (χ1) is 16.5. The van der Waals surface area contributed by atoms with Crippen molar-refractivity contribution in [1.82, 2.24) is 20.1 Å². The number of hydrogen-bond donors (Lipinski definition) is 1. The van der Waals surface area contributed by atoms with Crippen LogP contribution in [0.1, 0.15) is 37.0 Å². The van der Waals surface area contributed by atoms with Gasteiger partial charge in [0.25, 0.3) is 5.91 Å². The molecule has 0 spiro atoms. The van der Waals surface area contributed by atoms with Gasteiger partial charge in [-0.1, -0.05) is 32.0 Å². The standard InChI is InChI=1S/C27H32F2N4O/c1-3-32(4-2)15-13-30-18-20-8-7-14-33(20)27(34)22-17-26(19-11-12-23(28)24(29)16-19)31-25-10-6-5-9-21(22)25/h5-6,9-12,16-17,20,30H,3-4,7-8,13-15,18H2,1-2H3. The molecule has 0 radical (unpaired) electrons. The summed E-state index contributed by atoms with van der Waals surface area (Å²) >= 11 is 0. The maximum atomic E-state index is 13.9. The molecule has 1 atom stereocenters. The monoisotopic (exact) mass is 466 g/mol. The van der Waals surface area contributed by atoms with Crippen molar-refractivity contribution in [3.05, 3.63) is 65.7 Å². The summed E-state index contributed by atoms with van der Waals surface area (Å²) in [4.78, 5) is 22.7. The number of carbonyl (C=O) groups is 1. The molecule has 2 aromatic carbocycles. The first kappa shape index (κ1) is 24.2. The highest BCUT2D eigenvalue weighted by atomic mass is 19.2. The van der Waals surface area contributed by atoms with Gasteiger partial charge in [0, 0.05) is 43.2 Å². The molecule has 4 rings (SSSR count). The minimum absolute atomic E-state index is 0.0459. The Morgan fingerprint density at radius 2 is 1.91 bits per heavy atom. The molecule has 3 aromatic rings. The lowest BCUT2D eigenvalue weighted by Gasteiger charge is -2.26. The molecule has 1 aliphatic heterocycles. The predicted molar refractivity (Wildman–Crippen MR) is 132 cm³/mol. The van der Waals surface area contributed by atoms with Gasteiger partial charge in [0.15, 0.2) is 11.6 Å². The summed E-state index contributed by atoms with van der Waals surface area (Å²) in [6.45, 7) is 9.72. The quantitative estimate of drug-likeness (QED) is 0.464. The Labute approximate surface area is 199 Å². The average Bonchev–Trinajstić information content (AvgIpc) is 3.33. The van der Waals surface area contributed by atoms with E-state index in [4.69, 9.17) is 0 Å². The van der Waals surface area contributed by atoms with Crippen molar-refractivity contribution in [1.29, 1.82) is 0 Å². The Morgan fingerprint density at radius 1 is 1.12 bits per heavy atom. The number of pyridine rings is 1. The number of hydrogen-bond acceptors (Lipinski definition) is 4. The SMILES string of the molecule is CCN(CC)CCNCC1CCCN1C(=O)c1cc(-c2ccc(F)c(F)c2)nc2ccccc12. The van der Waals surface area contributed by atoms with E-state index in [1.54, 1.807) is 6.07 Å². The number of nitrogens with one attached hydrogen (secondary N) is 1. The predicted octanol–water partition coefficient (Wildman–Crippen LogP) is 4.72. The van der Waals surface area contributed by atoms with Crippen LogP contribution < -0.4 is 5.32 Å². The number of para-hydroxylation sites is 1. The zero-order valence-corrected chi connectivity index (χ0v) is 19.9.